The van der Waals surface area contributed by atoms with E-state index in [1.54, 1.807) is 36.4 Å². The van der Waals surface area contributed by atoms with E-state index in [1.165, 1.54) is 30.0 Å². The SMILES string of the molecule is COc1ccccc1C(=O)NN=Cc1sc(=O)n(Cc2cccc(C(=O)O)c2)c1Cl. The number of halogens is 1. The molecule has 0 radical (unpaired) electrons. The van der Waals surface area contributed by atoms with Gasteiger partial charge in [0.05, 0.1) is 35.9 Å². The summed E-state index contributed by atoms with van der Waals surface area (Å²) >= 11 is 7.15. The maximum absolute atomic E-state index is 12.3. The molecule has 30 heavy (non-hydrogen) atoms. The standard InChI is InChI=1S/C20H16ClN3O5S/c1-29-15-8-3-2-7-14(15)18(25)23-22-10-16-17(21)24(20(28)30-16)11-12-5-4-6-13(9-12)19(26)27/h2-10H,11H2,1H3,(H,23,25)(H,26,27). The second kappa shape index (κ2) is 9.38. The number of nitrogens with zero attached hydrogens (tertiary/aromatic N) is 2. The van der Waals surface area contributed by atoms with Gasteiger partial charge < -0.3 is 9.84 Å². The number of carbonyl (C=O) groups excluding carboxylic acids is 1. The van der Waals surface area contributed by atoms with Crippen LogP contribution >= 0.6 is 22.9 Å². The van der Waals surface area contributed by atoms with Crippen LogP contribution in [0.25, 0.3) is 0 Å². The molecule has 0 aliphatic rings. The van der Waals surface area contributed by atoms with Crippen LogP contribution in [0.5, 0.6) is 5.75 Å². The van der Waals surface area contributed by atoms with Crippen LogP contribution in [0.15, 0.2) is 58.4 Å². The lowest BCUT2D eigenvalue weighted by molar-refractivity contribution is 0.0696. The van der Waals surface area contributed by atoms with E-state index in [0.717, 1.165) is 11.3 Å². The van der Waals surface area contributed by atoms with Gasteiger partial charge in [0.1, 0.15) is 10.9 Å². The molecular formula is C20H16ClN3O5S. The number of hydrazone groups is 1. The van der Waals surface area contributed by atoms with Gasteiger partial charge in [-0.15, -0.1) is 0 Å². The molecule has 2 aromatic carbocycles. The normalized spacial score (nSPS) is 10.9. The molecule has 1 aromatic heterocycles. The molecule has 8 nitrogen and oxygen atoms in total. The Hall–Kier alpha value is -3.43. The maximum Gasteiger partial charge on any atom is 0.335 e. The smallest absolute Gasteiger partial charge is 0.335 e. The Morgan fingerprint density at radius 2 is 2.03 bits per heavy atom. The number of nitrogens with one attached hydrogen (secondary N) is 1. The van der Waals surface area contributed by atoms with Crippen molar-refractivity contribution in [3.63, 3.8) is 0 Å². The van der Waals surface area contributed by atoms with E-state index in [9.17, 15) is 14.4 Å². The first-order chi connectivity index (χ1) is 14.4. The van der Waals surface area contributed by atoms with E-state index in [-0.39, 0.29) is 22.1 Å². The highest BCUT2D eigenvalue weighted by Gasteiger charge is 2.14. The highest BCUT2D eigenvalue weighted by molar-refractivity contribution is 7.11. The third-order valence-corrected chi connectivity index (χ3v) is 5.51. The van der Waals surface area contributed by atoms with Crippen molar-refractivity contribution in [1.82, 2.24) is 9.99 Å². The van der Waals surface area contributed by atoms with Gasteiger partial charge >= 0.3 is 10.8 Å². The second-order valence-corrected chi connectivity index (χ2v) is 7.37. The zero-order valence-corrected chi connectivity index (χ0v) is 17.2. The molecule has 0 spiro atoms. The summed E-state index contributed by atoms with van der Waals surface area (Å²) in [6.45, 7) is 0.108. The number of ether oxygens (including phenoxy) is 1. The number of benzene rings is 2. The summed E-state index contributed by atoms with van der Waals surface area (Å²) in [6, 6.07) is 12.9. The van der Waals surface area contributed by atoms with Crippen molar-refractivity contribution in [2.45, 2.75) is 6.54 Å². The first kappa shape index (κ1) is 21.3. The molecule has 10 heteroatoms. The zero-order chi connectivity index (χ0) is 21.7. The predicted octanol–water partition coefficient (Wildman–Crippen LogP) is 3.08. The van der Waals surface area contributed by atoms with Gasteiger partial charge in [-0.25, -0.2) is 10.2 Å². The molecule has 0 saturated carbocycles. The Labute approximate surface area is 180 Å². The Morgan fingerprint density at radius 1 is 1.27 bits per heavy atom. The number of thiazole rings is 1. The van der Waals surface area contributed by atoms with Gasteiger partial charge in [0.15, 0.2) is 0 Å². The second-order valence-electron chi connectivity index (χ2n) is 6.01. The van der Waals surface area contributed by atoms with Crippen molar-refractivity contribution in [3.05, 3.63) is 84.9 Å². The third kappa shape index (κ3) is 4.76. The number of rotatable bonds is 7. The number of aromatic nitrogens is 1. The van der Waals surface area contributed by atoms with Crippen molar-refractivity contribution >= 4 is 41.0 Å². The monoisotopic (exact) mass is 445 g/mol. The van der Waals surface area contributed by atoms with Crippen LogP contribution in [-0.4, -0.2) is 34.9 Å². The quantitative estimate of drug-likeness (QED) is 0.429. The summed E-state index contributed by atoms with van der Waals surface area (Å²) in [5, 5.41) is 13.1. The first-order valence-electron chi connectivity index (χ1n) is 8.58. The van der Waals surface area contributed by atoms with Crippen LogP contribution in [0.2, 0.25) is 5.15 Å². The van der Waals surface area contributed by atoms with Crippen LogP contribution < -0.4 is 15.0 Å². The largest absolute Gasteiger partial charge is 0.496 e. The summed E-state index contributed by atoms with van der Waals surface area (Å²) in [5.74, 6) is -1.13. The van der Waals surface area contributed by atoms with Gasteiger partial charge in [0.2, 0.25) is 0 Å². The first-order valence-corrected chi connectivity index (χ1v) is 9.78. The molecule has 0 bridgehead atoms. The number of amides is 1. The number of carboxylic acid groups (broad SMARTS) is 1. The fourth-order valence-electron chi connectivity index (χ4n) is 2.65. The van der Waals surface area contributed by atoms with E-state index in [2.05, 4.69) is 10.5 Å². The lowest BCUT2D eigenvalue weighted by Crippen LogP contribution is -2.18. The number of carbonyl (C=O) groups is 2. The number of methoxy groups -OCH3 is 1. The molecule has 3 rings (SSSR count). The average molecular weight is 446 g/mol. The van der Waals surface area contributed by atoms with Crippen molar-refractivity contribution < 1.29 is 19.4 Å². The van der Waals surface area contributed by atoms with Gasteiger partial charge in [0, 0.05) is 0 Å². The minimum Gasteiger partial charge on any atom is -0.496 e. The number of hydrogen-bond acceptors (Lipinski definition) is 6. The molecule has 0 fully saturated rings. The van der Waals surface area contributed by atoms with Crippen LogP contribution in [0.1, 0.15) is 31.2 Å². The molecule has 0 atom stereocenters. The van der Waals surface area contributed by atoms with Crippen LogP contribution in [0.3, 0.4) is 0 Å². The van der Waals surface area contributed by atoms with E-state index >= 15 is 0 Å². The summed E-state index contributed by atoms with van der Waals surface area (Å²) in [7, 11) is 1.46. The molecular weight excluding hydrogens is 430 g/mol. The van der Waals surface area contributed by atoms with Gasteiger partial charge in [0.25, 0.3) is 5.91 Å². The van der Waals surface area contributed by atoms with E-state index in [4.69, 9.17) is 21.4 Å². The number of aromatic carboxylic acids is 1. The minimum absolute atomic E-state index is 0.108. The number of carboxylic acids is 1. The summed E-state index contributed by atoms with van der Waals surface area (Å²) in [4.78, 5) is 35.7. The summed E-state index contributed by atoms with van der Waals surface area (Å²) < 4.78 is 6.44. The van der Waals surface area contributed by atoms with Crippen LogP contribution in [-0.2, 0) is 6.54 Å². The Kier molecular flexibility index (Phi) is 6.65. The lowest BCUT2D eigenvalue weighted by Gasteiger charge is -2.06. The highest BCUT2D eigenvalue weighted by atomic mass is 35.5. The van der Waals surface area contributed by atoms with Crippen LogP contribution in [0.4, 0.5) is 0 Å². The van der Waals surface area contributed by atoms with Gasteiger partial charge in [-0.05, 0) is 29.8 Å². The predicted molar refractivity (Wildman–Crippen MR) is 114 cm³/mol. The average Bonchev–Trinajstić information content (AvgIpc) is 3.01. The fourth-order valence-corrected chi connectivity index (χ4v) is 3.75. The van der Waals surface area contributed by atoms with Crippen LogP contribution in [0, 0.1) is 0 Å². The van der Waals surface area contributed by atoms with Crippen molar-refractivity contribution in [2.75, 3.05) is 7.11 Å². The van der Waals surface area contributed by atoms with Crippen molar-refractivity contribution in [2.24, 2.45) is 5.10 Å². The van der Waals surface area contributed by atoms with Gasteiger partial charge in [-0.1, -0.05) is 47.2 Å². The fraction of sp³-hybridized carbons (Fsp3) is 0.100. The maximum atomic E-state index is 12.3. The number of hydrogen-bond donors (Lipinski definition) is 2. The topological polar surface area (TPSA) is 110 Å². The summed E-state index contributed by atoms with van der Waals surface area (Å²) in [6.07, 6.45) is 1.28. The molecule has 0 unspecified atom stereocenters. The molecule has 0 saturated heterocycles. The van der Waals surface area contributed by atoms with E-state index in [0.29, 0.717) is 21.8 Å². The number of para-hydroxylation sites is 1. The Morgan fingerprint density at radius 3 is 2.77 bits per heavy atom. The molecule has 1 amide bonds. The van der Waals surface area contributed by atoms with Gasteiger partial charge in [-0.3, -0.25) is 14.2 Å². The Bertz CT molecular complexity index is 1190. The van der Waals surface area contributed by atoms with E-state index in [1.807, 2.05) is 0 Å². The third-order valence-electron chi connectivity index (χ3n) is 4.07. The summed E-state index contributed by atoms with van der Waals surface area (Å²) in [5.41, 5.74) is 3.42. The van der Waals surface area contributed by atoms with Crippen molar-refractivity contribution in [3.8, 4) is 5.75 Å². The van der Waals surface area contributed by atoms with Crippen molar-refractivity contribution in [1.29, 1.82) is 0 Å². The lowest BCUT2D eigenvalue weighted by atomic mass is 10.1. The van der Waals surface area contributed by atoms with Gasteiger partial charge in [-0.2, -0.15) is 5.10 Å². The molecule has 1 heterocycles. The molecule has 154 valence electrons. The molecule has 0 aliphatic carbocycles. The molecule has 0 aliphatic heterocycles. The highest BCUT2D eigenvalue weighted by Crippen LogP contribution is 2.19. The minimum atomic E-state index is -1.06. The Balaban J connectivity index is 1.75. The van der Waals surface area contributed by atoms with E-state index < -0.39 is 11.9 Å². The zero-order valence-electron chi connectivity index (χ0n) is 15.7. The molecule has 2 N–H and O–H groups in total. The molecule has 3 aromatic rings.